The second kappa shape index (κ2) is 32.4. The van der Waals surface area contributed by atoms with E-state index in [0.717, 1.165) is 44.9 Å². The number of nitrogens with one attached hydrogen (secondary N) is 1. The highest BCUT2D eigenvalue weighted by atomic mass is 16.3. The summed E-state index contributed by atoms with van der Waals surface area (Å²) in [5.41, 5.74) is 0. The summed E-state index contributed by atoms with van der Waals surface area (Å²) in [6, 6.07) is -0.981. The van der Waals surface area contributed by atoms with E-state index in [1.807, 2.05) is 0 Å². The number of rotatable bonds is 33. The number of carbonyl (C=O) groups excluding carboxylic acids is 1. The lowest BCUT2D eigenvalue weighted by molar-refractivity contribution is -0.132. The molecule has 0 aliphatic rings. The molecule has 4 unspecified atom stereocenters. The van der Waals surface area contributed by atoms with Crippen molar-refractivity contribution >= 4 is 5.91 Å². The maximum absolute atomic E-state index is 12.4. The van der Waals surface area contributed by atoms with Gasteiger partial charge in [0.2, 0.25) is 5.91 Å². The van der Waals surface area contributed by atoms with Gasteiger partial charge in [-0.15, -0.1) is 0 Å². The molecule has 0 aromatic rings. The highest BCUT2D eigenvalue weighted by Gasteiger charge is 2.28. The summed E-state index contributed by atoms with van der Waals surface area (Å²) in [6.07, 6.45) is 32.5. The molecule has 6 heteroatoms. The molecule has 256 valence electrons. The second-order valence-electron chi connectivity index (χ2n) is 12.9. The molecule has 0 fully saturated rings. The van der Waals surface area contributed by atoms with Gasteiger partial charge in [0.05, 0.1) is 18.8 Å². The van der Waals surface area contributed by atoms with Crippen LogP contribution in [-0.4, -0.2) is 57.3 Å². The summed E-state index contributed by atoms with van der Waals surface area (Å²) in [4.78, 5) is 12.4. The topological polar surface area (TPSA) is 110 Å². The molecule has 0 aliphatic carbocycles. The molecule has 1 amide bonds. The zero-order valence-electron chi connectivity index (χ0n) is 28.5. The van der Waals surface area contributed by atoms with Gasteiger partial charge < -0.3 is 25.7 Å². The molecule has 0 saturated heterocycles. The molecule has 0 aromatic heterocycles. The lowest BCUT2D eigenvalue weighted by Crippen LogP contribution is -2.53. The van der Waals surface area contributed by atoms with E-state index >= 15 is 0 Å². The highest BCUT2D eigenvalue weighted by molar-refractivity contribution is 5.80. The van der Waals surface area contributed by atoms with Crippen LogP contribution in [0.15, 0.2) is 12.2 Å². The zero-order chi connectivity index (χ0) is 31.8. The Bertz CT molecular complexity index is 614. The van der Waals surface area contributed by atoms with E-state index in [1.165, 1.54) is 116 Å². The van der Waals surface area contributed by atoms with Crippen molar-refractivity contribution in [1.82, 2.24) is 5.32 Å². The van der Waals surface area contributed by atoms with Crippen LogP contribution in [-0.2, 0) is 4.79 Å². The molecule has 43 heavy (non-hydrogen) atoms. The van der Waals surface area contributed by atoms with Crippen molar-refractivity contribution in [2.24, 2.45) is 0 Å². The predicted molar refractivity (Wildman–Crippen MR) is 182 cm³/mol. The quantitative estimate of drug-likeness (QED) is 0.0377. The van der Waals surface area contributed by atoms with E-state index in [1.54, 1.807) is 0 Å². The molecule has 4 atom stereocenters. The average Bonchev–Trinajstić information content (AvgIpc) is 3.01. The third-order valence-electron chi connectivity index (χ3n) is 8.73. The Morgan fingerprint density at radius 2 is 0.930 bits per heavy atom. The largest absolute Gasteiger partial charge is 0.394 e. The third-order valence-corrected chi connectivity index (χ3v) is 8.73. The lowest BCUT2D eigenvalue weighted by Gasteiger charge is -2.27. The van der Waals surface area contributed by atoms with Crippen molar-refractivity contribution in [3.63, 3.8) is 0 Å². The van der Waals surface area contributed by atoms with Crippen molar-refractivity contribution in [2.75, 3.05) is 6.61 Å². The van der Waals surface area contributed by atoms with Gasteiger partial charge in [-0.2, -0.15) is 0 Å². The van der Waals surface area contributed by atoms with Crippen molar-refractivity contribution in [1.29, 1.82) is 0 Å². The summed E-state index contributed by atoms with van der Waals surface area (Å²) < 4.78 is 0. The number of aliphatic hydroxyl groups is 4. The zero-order valence-corrected chi connectivity index (χ0v) is 28.5. The van der Waals surface area contributed by atoms with Crippen LogP contribution in [0.5, 0.6) is 0 Å². The van der Waals surface area contributed by atoms with Crippen molar-refractivity contribution in [3.05, 3.63) is 12.2 Å². The molecule has 6 nitrogen and oxygen atoms in total. The minimum absolute atomic E-state index is 0.363. The Morgan fingerprint density at radius 1 is 0.558 bits per heavy atom. The molecule has 5 N–H and O–H groups in total. The van der Waals surface area contributed by atoms with Gasteiger partial charge in [-0.25, -0.2) is 0 Å². The van der Waals surface area contributed by atoms with Gasteiger partial charge in [0, 0.05) is 0 Å². The van der Waals surface area contributed by atoms with Crippen LogP contribution in [0, 0.1) is 0 Å². The smallest absolute Gasteiger partial charge is 0.249 e. The number of aliphatic hydroxyl groups excluding tert-OH is 4. The van der Waals surface area contributed by atoms with Gasteiger partial charge in [-0.3, -0.25) is 4.79 Å². The Kier molecular flexibility index (Phi) is 31.7. The number of hydrogen-bond acceptors (Lipinski definition) is 5. The van der Waals surface area contributed by atoms with Crippen LogP contribution in [0.1, 0.15) is 187 Å². The molecule has 0 rings (SSSR count). The predicted octanol–water partition coefficient (Wildman–Crippen LogP) is 8.67. The van der Waals surface area contributed by atoms with Gasteiger partial charge in [0.25, 0.3) is 0 Å². The number of amides is 1. The maximum Gasteiger partial charge on any atom is 0.249 e. The van der Waals surface area contributed by atoms with Gasteiger partial charge in [-0.05, 0) is 38.5 Å². The number of unbranched alkanes of at least 4 members (excludes halogenated alkanes) is 22. The standard InChI is InChI=1S/C37H73NO5/c1-3-5-7-9-11-12-13-14-15-16-17-18-19-20-21-22-23-25-27-29-31-35(41)37(43)38-33(32-39)36(42)34(40)30-28-26-24-10-8-6-4-2/h18-19,33-36,39-42H,3-17,20-32H2,1-2H3,(H,38,43)/b19-18-. The Morgan fingerprint density at radius 3 is 1.35 bits per heavy atom. The molecule has 0 bridgehead atoms. The SMILES string of the molecule is CCCCCCCCCCCC/C=C\CCCCCCCCC(O)C(=O)NC(CO)C(O)C(O)CCCCCCCCC. The van der Waals surface area contributed by atoms with E-state index in [0.29, 0.717) is 12.8 Å². The summed E-state index contributed by atoms with van der Waals surface area (Å²) in [6.45, 7) is 3.98. The summed E-state index contributed by atoms with van der Waals surface area (Å²) in [5, 5.41) is 43.2. The third kappa shape index (κ3) is 27.1. The molecular weight excluding hydrogens is 538 g/mol. The molecule has 0 saturated carbocycles. The molecule has 0 heterocycles. The van der Waals surface area contributed by atoms with Gasteiger partial charge >= 0.3 is 0 Å². The fraction of sp³-hybridized carbons (Fsp3) is 0.919. The first kappa shape index (κ1) is 42.0. The summed E-state index contributed by atoms with van der Waals surface area (Å²) >= 11 is 0. The van der Waals surface area contributed by atoms with Crippen LogP contribution in [0.2, 0.25) is 0 Å². The first-order valence-electron chi connectivity index (χ1n) is 18.6. The average molecular weight is 612 g/mol. The fourth-order valence-corrected chi connectivity index (χ4v) is 5.69. The van der Waals surface area contributed by atoms with Crippen LogP contribution in [0.4, 0.5) is 0 Å². The van der Waals surface area contributed by atoms with Crippen LogP contribution < -0.4 is 5.32 Å². The Labute approximate surface area is 266 Å². The number of allylic oxidation sites excluding steroid dienone is 2. The second-order valence-corrected chi connectivity index (χ2v) is 12.9. The first-order chi connectivity index (χ1) is 21.0. The summed E-state index contributed by atoms with van der Waals surface area (Å²) in [7, 11) is 0. The minimum atomic E-state index is -1.25. The van der Waals surface area contributed by atoms with Gasteiger partial charge in [0.15, 0.2) is 0 Å². The lowest BCUT2D eigenvalue weighted by atomic mass is 9.99. The molecule has 0 aromatic carbocycles. The maximum atomic E-state index is 12.4. The molecule has 0 spiro atoms. The normalized spacial score (nSPS) is 14.7. The van der Waals surface area contributed by atoms with E-state index in [4.69, 9.17) is 0 Å². The Balaban J connectivity index is 3.72. The van der Waals surface area contributed by atoms with Crippen molar-refractivity contribution in [3.8, 4) is 0 Å². The monoisotopic (exact) mass is 612 g/mol. The number of hydrogen-bond donors (Lipinski definition) is 5. The number of carbonyl (C=O) groups is 1. The fourth-order valence-electron chi connectivity index (χ4n) is 5.69. The molecule has 0 radical (unpaired) electrons. The van der Waals surface area contributed by atoms with Gasteiger partial charge in [0.1, 0.15) is 12.2 Å². The van der Waals surface area contributed by atoms with E-state index in [-0.39, 0.29) is 0 Å². The van der Waals surface area contributed by atoms with Crippen molar-refractivity contribution < 1.29 is 25.2 Å². The van der Waals surface area contributed by atoms with Crippen LogP contribution >= 0.6 is 0 Å². The molecular formula is C37H73NO5. The minimum Gasteiger partial charge on any atom is -0.394 e. The van der Waals surface area contributed by atoms with Crippen molar-refractivity contribution in [2.45, 2.75) is 212 Å². The highest BCUT2D eigenvalue weighted by Crippen LogP contribution is 2.15. The van der Waals surface area contributed by atoms with E-state index in [9.17, 15) is 25.2 Å². The van der Waals surface area contributed by atoms with E-state index in [2.05, 4.69) is 31.3 Å². The first-order valence-corrected chi connectivity index (χ1v) is 18.6. The molecule has 0 aliphatic heterocycles. The Hall–Kier alpha value is -0.950. The summed E-state index contributed by atoms with van der Waals surface area (Å²) in [5.74, 6) is -0.592. The van der Waals surface area contributed by atoms with E-state index < -0.39 is 36.9 Å². The van der Waals surface area contributed by atoms with Crippen LogP contribution in [0.25, 0.3) is 0 Å². The van der Waals surface area contributed by atoms with Gasteiger partial charge in [-0.1, -0.05) is 161 Å². The van der Waals surface area contributed by atoms with Crippen LogP contribution in [0.3, 0.4) is 0 Å².